The largest absolute Gasteiger partial charge is 0.256 e. The van der Waals surface area contributed by atoms with Crippen LogP contribution in [0, 0.1) is 11.7 Å². The van der Waals surface area contributed by atoms with Gasteiger partial charge in [-0.05, 0) is 79.7 Å². The Hall–Kier alpha value is -1.70. The fourth-order valence-corrected chi connectivity index (χ4v) is 4.50. The maximum Gasteiger partial charge on any atom is 0.132 e. The Morgan fingerprint density at radius 3 is 2.41 bits per heavy atom. The molecule has 1 aromatic carbocycles. The van der Waals surface area contributed by atoms with Crippen LogP contribution in [0.4, 0.5) is 4.39 Å². The van der Waals surface area contributed by atoms with Gasteiger partial charge in [0.25, 0.3) is 0 Å². The molecule has 2 heteroatoms. The molecule has 3 rings (SSSR count). The lowest BCUT2D eigenvalue weighted by molar-refractivity contribution is 0.308. The number of hydrogen-bond acceptors (Lipinski definition) is 1. The molecule has 0 spiro atoms. The Balaban J connectivity index is 1.64. The minimum absolute atomic E-state index is 0.130. The minimum Gasteiger partial charge on any atom is -0.256 e. The Morgan fingerprint density at radius 1 is 0.963 bits per heavy atom. The summed E-state index contributed by atoms with van der Waals surface area (Å²) in [5.74, 6) is 1.28. The molecule has 2 aromatic rings. The van der Waals surface area contributed by atoms with Crippen molar-refractivity contribution in [1.29, 1.82) is 0 Å². The van der Waals surface area contributed by atoms with Gasteiger partial charge in [0.15, 0.2) is 0 Å². The molecular formula is C25H34FN. The molecule has 1 aliphatic carbocycles. The van der Waals surface area contributed by atoms with Crippen molar-refractivity contribution in [1.82, 2.24) is 4.98 Å². The lowest BCUT2D eigenvalue weighted by atomic mass is 9.77. The Kier molecular flexibility index (Phi) is 7.43. The molecule has 0 unspecified atom stereocenters. The van der Waals surface area contributed by atoms with Crippen molar-refractivity contribution >= 4 is 0 Å². The van der Waals surface area contributed by atoms with Crippen molar-refractivity contribution in [3.8, 4) is 11.3 Å². The molecule has 0 atom stereocenters. The molecule has 27 heavy (non-hydrogen) atoms. The van der Waals surface area contributed by atoms with Crippen molar-refractivity contribution < 1.29 is 4.39 Å². The molecule has 1 nitrogen and oxygen atoms in total. The second kappa shape index (κ2) is 10.0. The number of benzene rings is 1. The van der Waals surface area contributed by atoms with Crippen LogP contribution >= 0.6 is 0 Å². The fourth-order valence-electron chi connectivity index (χ4n) is 4.50. The van der Waals surface area contributed by atoms with E-state index in [-0.39, 0.29) is 5.82 Å². The summed E-state index contributed by atoms with van der Waals surface area (Å²) in [6.45, 7) is 4.48. The number of nitrogens with zero attached hydrogens (tertiary/aromatic N) is 1. The lowest BCUT2D eigenvalue weighted by Crippen LogP contribution is -2.13. The SMILES string of the molecule is CCCCCc1ccc(-c2ccc(C3CCC(CCC)CC3)cc2F)nc1. The number of rotatable bonds is 8. The van der Waals surface area contributed by atoms with E-state index in [4.69, 9.17) is 0 Å². The molecule has 1 aromatic heterocycles. The highest BCUT2D eigenvalue weighted by Gasteiger charge is 2.22. The maximum absolute atomic E-state index is 14.8. The van der Waals surface area contributed by atoms with Gasteiger partial charge in [-0.25, -0.2) is 4.39 Å². The molecule has 146 valence electrons. The van der Waals surface area contributed by atoms with Crippen LogP contribution in [0.5, 0.6) is 0 Å². The summed E-state index contributed by atoms with van der Waals surface area (Å²) in [4.78, 5) is 4.52. The second-order valence-electron chi connectivity index (χ2n) is 8.25. The Labute approximate surface area is 164 Å². The highest BCUT2D eigenvalue weighted by Crippen LogP contribution is 2.38. The normalized spacial score (nSPS) is 20.0. The van der Waals surface area contributed by atoms with E-state index in [0.717, 1.165) is 18.0 Å². The van der Waals surface area contributed by atoms with Crippen molar-refractivity contribution in [2.24, 2.45) is 5.92 Å². The number of aryl methyl sites for hydroxylation is 1. The van der Waals surface area contributed by atoms with Crippen molar-refractivity contribution in [3.05, 3.63) is 53.5 Å². The first kappa shape index (κ1) is 20.0. The van der Waals surface area contributed by atoms with Gasteiger partial charge in [0.1, 0.15) is 5.82 Å². The molecule has 1 heterocycles. The average Bonchev–Trinajstić information content (AvgIpc) is 2.70. The smallest absolute Gasteiger partial charge is 0.132 e. The first-order chi connectivity index (χ1) is 13.2. The van der Waals surface area contributed by atoms with E-state index in [2.05, 4.69) is 31.0 Å². The van der Waals surface area contributed by atoms with Gasteiger partial charge >= 0.3 is 0 Å². The third-order valence-electron chi connectivity index (χ3n) is 6.18. The van der Waals surface area contributed by atoms with E-state index in [9.17, 15) is 4.39 Å². The molecule has 1 fully saturated rings. The topological polar surface area (TPSA) is 12.9 Å². The fraction of sp³-hybridized carbons (Fsp3) is 0.560. The predicted octanol–water partition coefficient (Wildman–Crippen LogP) is 7.69. The van der Waals surface area contributed by atoms with Gasteiger partial charge in [-0.2, -0.15) is 0 Å². The van der Waals surface area contributed by atoms with Gasteiger partial charge in [0.2, 0.25) is 0 Å². The molecule has 1 aliphatic rings. The van der Waals surface area contributed by atoms with Crippen LogP contribution in [0.1, 0.15) is 88.7 Å². The van der Waals surface area contributed by atoms with Crippen LogP contribution in [0.2, 0.25) is 0 Å². The quantitative estimate of drug-likeness (QED) is 0.436. The highest BCUT2D eigenvalue weighted by atomic mass is 19.1. The predicted molar refractivity (Wildman–Crippen MR) is 112 cm³/mol. The first-order valence-corrected chi connectivity index (χ1v) is 11.0. The van der Waals surface area contributed by atoms with Crippen molar-refractivity contribution in [2.75, 3.05) is 0 Å². The first-order valence-electron chi connectivity index (χ1n) is 11.0. The average molecular weight is 368 g/mol. The van der Waals surface area contributed by atoms with Crippen LogP contribution in [0.3, 0.4) is 0 Å². The minimum atomic E-state index is -0.130. The number of pyridine rings is 1. The summed E-state index contributed by atoms with van der Waals surface area (Å²) in [5, 5.41) is 0. The van der Waals surface area contributed by atoms with Crippen molar-refractivity contribution in [2.45, 2.75) is 84.0 Å². The van der Waals surface area contributed by atoms with Crippen LogP contribution in [0.25, 0.3) is 11.3 Å². The van der Waals surface area contributed by atoms with Gasteiger partial charge in [-0.15, -0.1) is 0 Å². The Bertz CT molecular complexity index is 699. The summed E-state index contributed by atoms with van der Waals surface area (Å²) in [5.41, 5.74) is 3.78. The summed E-state index contributed by atoms with van der Waals surface area (Å²) >= 11 is 0. The van der Waals surface area contributed by atoms with E-state index in [1.54, 1.807) is 6.07 Å². The second-order valence-corrected chi connectivity index (χ2v) is 8.25. The van der Waals surface area contributed by atoms with E-state index in [1.165, 1.54) is 68.9 Å². The third kappa shape index (κ3) is 5.40. The molecule has 0 amide bonds. The van der Waals surface area contributed by atoms with E-state index in [1.807, 2.05) is 18.3 Å². The molecule has 0 aliphatic heterocycles. The molecule has 1 saturated carbocycles. The number of aromatic nitrogens is 1. The molecule has 0 saturated heterocycles. The van der Waals surface area contributed by atoms with Crippen molar-refractivity contribution in [3.63, 3.8) is 0 Å². The van der Waals surface area contributed by atoms with E-state index < -0.39 is 0 Å². The third-order valence-corrected chi connectivity index (χ3v) is 6.18. The molecule has 0 N–H and O–H groups in total. The maximum atomic E-state index is 14.8. The van der Waals surface area contributed by atoms with Gasteiger partial charge < -0.3 is 0 Å². The van der Waals surface area contributed by atoms with E-state index >= 15 is 0 Å². The molecule has 0 radical (unpaired) electrons. The Morgan fingerprint density at radius 2 is 1.78 bits per heavy atom. The molecule has 0 bridgehead atoms. The summed E-state index contributed by atoms with van der Waals surface area (Å²) in [7, 11) is 0. The summed E-state index contributed by atoms with van der Waals surface area (Å²) < 4.78 is 14.8. The van der Waals surface area contributed by atoms with Gasteiger partial charge in [0, 0.05) is 11.8 Å². The number of unbranched alkanes of at least 4 members (excludes halogenated alkanes) is 2. The van der Waals surface area contributed by atoms with Gasteiger partial charge in [-0.3, -0.25) is 4.98 Å². The molecular weight excluding hydrogens is 333 g/mol. The zero-order valence-electron chi connectivity index (χ0n) is 17.0. The van der Waals surface area contributed by atoms with Crippen LogP contribution in [-0.4, -0.2) is 4.98 Å². The zero-order chi connectivity index (χ0) is 19.1. The van der Waals surface area contributed by atoms with Crippen LogP contribution in [-0.2, 0) is 6.42 Å². The van der Waals surface area contributed by atoms with Crippen LogP contribution in [0.15, 0.2) is 36.5 Å². The van der Waals surface area contributed by atoms with Gasteiger partial charge in [-0.1, -0.05) is 51.7 Å². The van der Waals surface area contributed by atoms with E-state index in [0.29, 0.717) is 11.5 Å². The monoisotopic (exact) mass is 367 g/mol. The summed E-state index contributed by atoms with van der Waals surface area (Å²) in [6, 6.07) is 9.88. The number of halogens is 1. The lowest BCUT2D eigenvalue weighted by Gasteiger charge is -2.28. The highest BCUT2D eigenvalue weighted by molar-refractivity contribution is 5.60. The number of hydrogen-bond donors (Lipinski definition) is 0. The van der Waals surface area contributed by atoms with Gasteiger partial charge in [0.05, 0.1) is 5.69 Å². The summed E-state index contributed by atoms with van der Waals surface area (Å²) in [6.07, 6.45) is 14.3. The standard InChI is InChI=1S/C25H34FN/c1-3-5-6-8-20-11-16-25(27-18-20)23-15-14-22(17-24(23)26)21-12-9-19(7-4-2)10-13-21/h11,14-19,21H,3-10,12-13H2,1-2H3. The zero-order valence-corrected chi connectivity index (χ0v) is 17.0. The van der Waals surface area contributed by atoms with Crippen LogP contribution < -0.4 is 0 Å².